The summed E-state index contributed by atoms with van der Waals surface area (Å²) in [5, 5.41) is 0. The normalized spacial score (nSPS) is 18.2. The average molecular weight is 289 g/mol. The first-order valence-corrected chi connectivity index (χ1v) is 6.90. The van der Waals surface area contributed by atoms with E-state index in [1.165, 1.54) is 12.3 Å². The third-order valence-electron chi connectivity index (χ3n) is 3.23. The summed E-state index contributed by atoms with van der Waals surface area (Å²) in [6.45, 7) is 6.79. The molecule has 1 aromatic heterocycles. The number of carbonyl (C=O) groups excluding carboxylic acids is 2. The van der Waals surface area contributed by atoms with Gasteiger partial charge in [0, 0.05) is 25.2 Å². The fourth-order valence-electron chi connectivity index (χ4n) is 2.31. The Kier molecular flexibility index (Phi) is 4.38. The van der Waals surface area contributed by atoms with Crippen LogP contribution < -0.4 is 0 Å². The molecule has 0 N–H and O–H groups in total. The minimum absolute atomic E-state index is 0.187. The monoisotopic (exact) mass is 289 g/mol. The van der Waals surface area contributed by atoms with Gasteiger partial charge in [-0.05, 0) is 38.8 Å². The first kappa shape index (κ1) is 15.2. The number of nitrogens with zero attached hydrogens (tertiary/aromatic N) is 3. The van der Waals surface area contributed by atoms with Crippen molar-refractivity contribution < 1.29 is 14.3 Å². The summed E-state index contributed by atoms with van der Waals surface area (Å²) in [4.78, 5) is 31.7. The molecule has 0 spiro atoms. The molecule has 1 aromatic rings. The lowest BCUT2D eigenvalue weighted by molar-refractivity contribution is 0.0292. The number of pyridine rings is 1. The number of amides is 1. The fourth-order valence-corrected chi connectivity index (χ4v) is 2.31. The summed E-state index contributed by atoms with van der Waals surface area (Å²) in [5.74, 6) is 0.187. The molecule has 0 bridgehead atoms. The first-order chi connectivity index (χ1) is 9.89. The van der Waals surface area contributed by atoms with Gasteiger partial charge < -0.3 is 9.64 Å². The van der Waals surface area contributed by atoms with Gasteiger partial charge in [-0.25, -0.2) is 9.59 Å². The van der Waals surface area contributed by atoms with E-state index in [0.717, 1.165) is 12.0 Å². The zero-order chi connectivity index (χ0) is 15.5. The van der Waals surface area contributed by atoms with Crippen LogP contribution in [0, 0.1) is 0 Å². The minimum Gasteiger partial charge on any atom is -0.444 e. The lowest BCUT2D eigenvalue weighted by atomic mass is 10.0. The van der Waals surface area contributed by atoms with Crippen LogP contribution in [0.25, 0.3) is 0 Å². The van der Waals surface area contributed by atoms with E-state index >= 15 is 0 Å². The third kappa shape index (κ3) is 4.13. The van der Waals surface area contributed by atoms with Gasteiger partial charge in [-0.2, -0.15) is 4.99 Å². The maximum atomic E-state index is 12.0. The molecule has 1 amide bonds. The lowest BCUT2D eigenvalue weighted by Crippen LogP contribution is -2.35. The molecule has 2 rings (SSSR count). The van der Waals surface area contributed by atoms with Gasteiger partial charge in [0.25, 0.3) is 0 Å². The average Bonchev–Trinajstić information content (AvgIpc) is 2.87. The molecule has 1 aliphatic heterocycles. The third-order valence-corrected chi connectivity index (χ3v) is 3.23. The SMILES string of the molecule is CC(C)(C)OC(=O)N1CCC(c2cncc(N=C=O)c2)C1. The van der Waals surface area contributed by atoms with Crippen LogP contribution in [-0.2, 0) is 9.53 Å². The first-order valence-electron chi connectivity index (χ1n) is 6.90. The molecule has 6 nitrogen and oxygen atoms in total. The van der Waals surface area contributed by atoms with Crippen molar-refractivity contribution in [1.29, 1.82) is 0 Å². The zero-order valence-electron chi connectivity index (χ0n) is 12.5. The second-order valence-electron chi connectivity index (χ2n) is 6.09. The number of hydrogen-bond acceptors (Lipinski definition) is 5. The van der Waals surface area contributed by atoms with Gasteiger partial charge in [-0.15, -0.1) is 0 Å². The molecule has 1 fully saturated rings. The molecule has 1 aliphatic rings. The minimum atomic E-state index is -0.491. The molecule has 0 aliphatic carbocycles. The van der Waals surface area contributed by atoms with Crippen LogP contribution in [0.2, 0.25) is 0 Å². The number of isocyanates is 1. The van der Waals surface area contributed by atoms with Gasteiger partial charge in [-0.1, -0.05) is 0 Å². The molecule has 112 valence electrons. The largest absolute Gasteiger partial charge is 0.444 e. The van der Waals surface area contributed by atoms with Crippen molar-refractivity contribution in [2.45, 2.75) is 38.7 Å². The Morgan fingerprint density at radius 3 is 2.90 bits per heavy atom. The summed E-state index contributed by atoms with van der Waals surface area (Å²) >= 11 is 0. The van der Waals surface area contributed by atoms with Crippen molar-refractivity contribution in [2.75, 3.05) is 13.1 Å². The zero-order valence-corrected chi connectivity index (χ0v) is 12.5. The van der Waals surface area contributed by atoms with Crippen LogP contribution >= 0.6 is 0 Å². The van der Waals surface area contributed by atoms with E-state index < -0.39 is 5.60 Å². The molecule has 0 saturated carbocycles. The molecule has 2 heterocycles. The van der Waals surface area contributed by atoms with Crippen LogP contribution in [0.1, 0.15) is 38.7 Å². The molecule has 0 aromatic carbocycles. The van der Waals surface area contributed by atoms with Crippen molar-refractivity contribution in [3.05, 3.63) is 24.0 Å². The summed E-state index contributed by atoms with van der Waals surface area (Å²) in [5.41, 5.74) is 0.964. The van der Waals surface area contributed by atoms with E-state index in [1.54, 1.807) is 17.2 Å². The van der Waals surface area contributed by atoms with Crippen molar-refractivity contribution in [2.24, 2.45) is 4.99 Å². The highest BCUT2D eigenvalue weighted by molar-refractivity contribution is 5.68. The summed E-state index contributed by atoms with van der Waals surface area (Å²) in [7, 11) is 0. The lowest BCUT2D eigenvalue weighted by Gasteiger charge is -2.24. The number of likely N-dealkylation sites (tertiary alicyclic amines) is 1. The smallest absolute Gasteiger partial charge is 0.410 e. The molecular formula is C15H19N3O3. The Labute approximate surface area is 123 Å². The van der Waals surface area contributed by atoms with Gasteiger partial charge in [-0.3, -0.25) is 4.98 Å². The van der Waals surface area contributed by atoms with Crippen molar-refractivity contribution in [1.82, 2.24) is 9.88 Å². The summed E-state index contributed by atoms with van der Waals surface area (Å²) in [6.07, 6.45) is 5.31. The van der Waals surface area contributed by atoms with Crippen LogP contribution in [0.4, 0.5) is 10.5 Å². The van der Waals surface area contributed by atoms with E-state index in [-0.39, 0.29) is 12.0 Å². The molecule has 6 heteroatoms. The van der Waals surface area contributed by atoms with Crippen LogP contribution in [0.5, 0.6) is 0 Å². The molecule has 21 heavy (non-hydrogen) atoms. The van der Waals surface area contributed by atoms with Crippen molar-refractivity contribution in [3.8, 4) is 0 Å². The van der Waals surface area contributed by atoms with E-state index in [2.05, 4.69) is 9.98 Å². The van der Waals surface area contributed by atoms with Crippen molar-refractivity contribution in [3.63, 3.8) is 0 Å². The maximum absolute atomic E-state index is 12.0. The number of rotatable bonds is 2. The van der Waals surface area contributed by atoms with Crippen LogP contribution in [-0.4, -0.2) is 40.7 Å². The molecule has 1 unspecified atom stereocenters. The fraction of sp³-hybridized carbons (Fsp3) is 0.533. The predicted molar refractivity (Wildman–Crippen MR) is 77.2 cm³/mol. The number of ether oxygens (including phenoxy) is 1. The highest BCUT2D eigenvalue weighted by Crippen LogP contribution is 2.29. The number of carbonyl (C=O) groups is 1. The molecule has 1 saturated heterocycles. The van der Waals surface area contributed by atoms with Crippen molar-refractivity contribution >= 4 is 17.9 Å². The Bertz CT molecular complexity index is 574. The van der Waals surface area contributed by atoms with Gasteiger partial charge in [0.15, 0.2) is 0 Å². The molecule has 1 atom stereocenters. The van der Waals surface area contributed by atoms with E-state index in [1.807, 2.05) is 20.8 Å². The standard InChI is InChI=1S/C15H19N3O3/c1-15(2,3)21-14(20)18-5-4-11(9-18)12-6-13(17-10-19)8-16-7-12/h6-8,11H,4-5,9H2,1-3H3. The van der Waals surface area contributed by atoms with Gasteiger partial charge >= 0.3 is 6.09 Å². The number of aliphatic imine (C=N–C) groups is 1. The van der Waals surface area contributed by atoms with Gasteiger partial charge in [0.1, 0.15) is 5.60 Å². The Morgan fingerprint density at radius 1 is 1.48 bits per heavy atom. The summed E-state index contributed by atoms with van der Waals surface area (Å²) < 4.78 is 5.37. The number of hydrogen-bond donors (Lipinski definition) is 0. The number of aromatic nitrogens is 1. The van der Waals surface area contributed by atoms with E-state index in [0.29, 0.717) is 18.8 Å². The Balaban J connectivity index is 2.03. The quantitative estimate of drug-likeness (QED) is 0.620. The maximum Gasteiger partial charge on any atom is 0.410 e. The predicted octanol–water partition coefficient (Wildman–Crippen LogP) is 2.77. The van der Waals surface area contributed by atoms with Gasteiger partial charge in [0.05, 0.1) is 11.9 Å². The summed E-state index contributed by atoms with van der Waals surface area (Å²) in [6, 6.07) is 1.81. The molecule has 0 radical (unpaired) electrons. The topological polar surface area (TPSA) is 71.9 Å². The molecular weight excluding hydrogens is 270 g/mol. The highest BCUT2D eigenvalue weighted by Gasteiger charge is 2.30. The van der Waals surface area contributed by atoms with E-state index in [4.69, 9.17) is 4.74 Å². The Morgan fingerprint density at radius 2 is 2.24 bits per heavy atom. The highest BCUT2D eigenvalue weighted by atomic mass is 16.6. The van der Waals surface area contributed by atoms with Gasteiger partial charge in [0.2, 0.25) is 6.08 Å². The van der Waals surface area contributed by atoms with E-state index in [9.17, 15) is 9.59 Å². The second-order valence-corrected chi connectivity index (χ2v) is 6.09. The Hall–Kier alpha value is -2.20. The second kappa shape index (κ2) is 6.06. The van der Waals surface area contributed by atoms with Crippen LogP contribution in [0.3, 0.4) is 0 Å². The van der Waals surface area contributed by atoms with Crippen LogP contribution in [0.15, 0.2) is 23.5 Å².